The average Bonchev–Trinajstić information content (AvgIpc) is 2.42. The minimum atomic E-state index is -3.27. The van der Waals surface area contributed by atoms with Crippen LogP contribution in [0.2, 0.25) is 0 Å². The average molecular weight is 216 g/mol. The van der Waals surface area contributed by atoms with Crippen LogP contribution in [0.25, 0.3) is 0 Å². The van der Waals surface area contributed by atoms with E-state index >= 15 is 0 Å². The molecule has 2 aliphatic carbocycles. The Morgan fingerprint density at radius 3 is 2.07 bits per heavy atom. The van der Waals surface area contributed by atoms with E-state index in [-0.39, 0.29) is 6.10 Å². The van der Waals surface area contributed by atoms with Crippen LogP contribution in [0.4, 0.5) is 0 Å². The van der Waals surface area contributed by atoms with Crippen LogP contribution in [0.1, 0.15) is 25.7 Å². The molecule has 1 fully saturated rings. The zero-order chi connectivity index (χ0) is 10.2. The Kier molecular flexibility index (Phi) is 2.66. The van der Waals surface area contributed by atoms with Crippen molar-refractivity contribution in [3.05, 3.63) is 12.2 Å². The van der Waals surface area contributed by atoms with Crippen LogP contribution in [0, 0.1) is 11.8 Å². The lowest BCUT2D eigenvalue weighted by molar-refractivity contribution is 0.212. The van der Waals surface area contributed by atoms with Crippen LogP contribution in [0.15, 0.2) is 12.2 Å². The van der Waals surface area contributed by atoms with Gasteiger partial charge in [-0.2, -0.15) is 8.42 Å². The molecule has 0 bridgehead atoms. The Hall–Kier alpha value is -0.350. The lowest BCUT2D eigenvalue weighted by atomic mass is 9.86. The summed E-state index contributed by atoms with van der Waals surface area (Å²) in [5.41, 5.74) is 0. The molecule has 0 spiro atoms. The summed E-state index contributed by atoms with van der Waals surface area (Å²) in [6.07, 6.45) is 9.45. The molecule has 3 atom stereocenters. The van der Waals surface area contributed by atoms with Crippen molar-refractivity contribution in [2.24, 2.45) is 11.8 Å². The first-order valence-corrected chi connectivity index (χ1v) is 6.89. The molecule has 0 aromatic carbocycles. The fourth-order valence-electron chi connectivity index (χ4n) is 2.60. The molecule has 0 aromatic heterocycles. The van der Waals surface area contributed by atoms with Crippen molar-refractivity contribution in [1.82, 2.24) is 0 Å². The van der Waals surface area contributed by atoms with E-state index in [9.17, 15) is 8.42 Å². The molecule has 1 unspecified atom stereocenters. The molecule has 0 heterocycles. The second kappa shape index (κ2) is 3.66. The van der Waals surface area contributed by atoms with Crippen molar-refractivity contribution in [3.8, 4) is 0 Å². The number of hydrogen-bond donors (Lipinski definition) is 0. The summed E-state index contributed by atoms with van der Waals surface area (Å²) in [6.45, 7) is 0. The maximum atomic E-state index is 11.0. The maximum absolute atomic E-state index is 11.0. The number of hydrogen-bond acceptors (Lipinski definition) is 3. The van der Waals surface area contributed by atoms with Gasteiger partial charge >= 0.3 is 0 Å². The first-order valence-electron chi connectivity index (χ1n) is 5.08. The SMILES string of the molecule is CS(=O)(=O)OC1C[C@H]2CC=CC[C@H]2C1. The third-order valence-electron chi connectivity index (χ3n) is 3.15. The molecule has 3 nitrogen and oxygen atoms in total. The summed E-state index contributed by atoms with van der Waals surface area (Å²) in [5, 5.41) is 0. The zero-order valence-electron chi connectivity index (χ0n) is 8.35. The Labute approximate surface area is 85.3 Å². The van der Waals surface area contributed by atoms with Crippen molar-refractivity contribution < 1.29 is 12.6 Å². The summed E-state index contributed by atoms with van der Waals surface area (Å²) in [4.78, 5) is 0. The predicted molar refractivity (Wildman–Crippen MR) is 54.3 cm³/mol. The van der Waals surface area contributed by atoms with E-state index in [1.807, 2.05) is 0 Å². The summed E-state index contributed by atoms with van der Waals surface area (Å²) in [7, 11) is -3.27. The molecule has 1 saturated carbocycles. The minimum Gasteiger partial charge on any atom is -0.267 e. The van der Waals surface area contributed by atoms with Gasteiger partial charge < -0.3 is 0 Å². The molecule has 14 heavy (non-hydrogen) atoms. The van der Waals surface area contributed by atoms with E-state index in [0.717, 1.165) is 31.9 Å². The van der Waals surface area contributed by atoms with Crippen molar-refractivity contribution in [3.63, 3.8) is 0 Å². The van der Waals surface area contributed by atoms with Crippen LogP contribution in [-0.2, 0) is 14.3 Å². The number of rotatable bonds is 2. The van der Waals surface area contributed by atoms with Crippen LogP contribution < -0.4 is 0 Å². The van der Waals surface area contributed by atoms with Crippen molar-refractivity contribution >= 4 is 10.1 Å². The Morgan fingerprint density at radius 2 is 1.64 bits per heavy atom. The van der Waals surface area contributed by atoms with E-state index in [0.29, 0.717) is 11.8 Å². The highest BCUT2D eigenvalue weighted by Gasteiger charge is 2.36. The fraction of sp³-hybridized carbons (Fsp3) is 0.800. The highest BCUT2D eigenvalue weighted by Crippen LogP contribution is 2.41. The zero-order valence-corrected chi connectivity index (χ0v) is 9.16. The number of allylic oxidation sites excluding steroid dienone is 2. The van der Waals surface area contributed by atoms with Gasteiger partial charge in [0, 0.05) is 0 Å². The second-order valence-electron chi connectivity index (χ2n) is 4.36. The highest BCUT2D eigenvalue weighted by molar-refractivity contribution is 7.86. The maximum Gasteiger partial charge on any atom is 0.264 e. The van der Waals surface area contributed by atoms with Crippen LogP contribution in [-0.4, -0.2) is 20.8 Å². The van der Waals surface area contributed by atoms with Crippen LogP contribution in [0.3, 0.4) is 0 Å². The van der Waals surface area contributed by atoms with Gasteiger partial charge in [0.2, 0.25) is 0 Å². The summed E-state index contributed by atoms with van der Waals surface area (Å²) in [5.74, 6) is 1.29. The molecule has 0 saturated heterocycles. The van der Waals surface area contributed by atoms with Crippen molar-refractivity contribution in [2.75, 3.05) is 6.26 Å². The van der Waals surface area contributed by atoms with Gasteiger partial charge in [-0.1, -0.05) is 12.2 Å². The van der Waals surface area contributed by atoms with Gasteiger partial charge in [0.1, 0.15) is 0 Å². The Morgan fingerprint density at radius 1 is 1.14 bits per heavy atom. The monoisotopic (exact) mass is 216 g/mol. The van der Waals surface area contributed by atoms with Gasteiger partial charge in [0.25, 0.3) is 10.1 Å². The summed E-state index contributed by atoms with van der Waals surface area (Å²) >= 11 is 0. The standard InChI is InChI=1S/C10H16O3S/c1-14(11,12)13-10-6-8-4-2-3-5-9(8)7-10/h2-3,8-10H,4-7H2,1H3/t8-,9+,10?. The highest BCUT2D eigenvalue weighted by atomic mass is 32.2. The molecular weight excluding hydrogens is 200 g/mol. The predicted octanol–water partition coefficient (Wildman–Crippen LogP) is 1.71. The third kappa shape index (κ3) is 2.36. The van der Waals surface area contributed by atoms with Gasteiger partial charge in [0.05, 0.1) is 12.4 Å². The lowest BCUT2D eigenvalue weighted by Crippen LogP contribution is -2.14. The molecule has 0 aromatic rings. The van der Waals surface area contributed by atoms with Crippen molar-refractivity contribution in [1.29, 1.82) is 0 Å². The van der Waals surface area contributed by atoms with Crippen LogP contribution >= 0.6 is 0 Å². The largest absolute Gasteiger partial charge is 0.267 e. The van der Waals surface area contributed by atoms with E-state index in [1.165, 1.54) is 0 Å². The molecule has 2 aliphatic rings. The second-order valence-corrected chi connectivity index (χ2v) is 5.96. The molecule has 0 radical (unpaired) electrons. The summed E-state index contributed by atoms with van der Waals surface area (Å²) in [6, 6.07) is 0. The van der Waals surface area contributed by atoms with Gasteiger partial charge in [-0.15, -0.1) is 0 Å². The molecule has 0 aliphatic heterocycles. The van der Waals surface area contributed by atoms with Gasteiger partial charge in [-0.3, -0.25) is 4.18 Å². The fourth-order valence-corrected chi connectivity index (χ4v) is 3.25. The molecule has 4 heteroatoms. The molecule has 0 amide bonds. The Bertz CT molecular complexity index is 315. The normalized spacial score (nSPS) is 37.1. The Balaban J connectivity index is 1.95. The smallest absolute Gasteiger partial charge is 0.264 e. The van der Waals surface area contributed by atoms with Gasteiger partial charge in [-0.05, 0) is 37.5 Å². The van der Waals surface area contributed by atoms with Gasteiger partial charge in [0.15, 0.2) is 0 Å². The van der Waals surface area contributed by atoms with E-state index < -0.39 is 10.1 Å². The molecule has 80 valence electrons. The quantitative estimate of drug-likeness (QED) is 0.521. The van der Waals surface area contributed by atoms with Crippen LogP contribution in [0.5, 0.6) is 0 Å². The molecule has 2 rings (SSSR count). The molecular formula is C10H16O3S. The van der Waals surface area contributed by atoms with Gasteiger partial charge in [-0.25, -0.2) is 0 Å². The van der Waals surface area contributed by atoms with E-state index in [2.05, 4.69) is 12.2 Å². The minimum absolute atomic E-state index is 0.0695. The van der Waals surface area contributed by atoms with Crippen molar-refractivity contribution in [2.45, 2.75) is 31.8 Å². The number of fused-ring (bicyclic) bond motifs is 1. The third-order valence-corrected chi connectivity index (χ3v) is 3.77. The van der Waals surface area contributed by atoms with E-state index in [4.69, 9.17) is 4.18 Å². The first kappa shape index (κ1) is 10.2. The summed E-state index contributed by atoms with van der Waals surface area (Å²) < 4.78 is 26.9. The molecule has 0 N–H and O–H groups in total. The first-order chi connectivity index (χ1) is 6.54. The van der Waals surface area contributed by atoms with E-state index in [1.54, 1.807) is 0 Å². The topological polar surface area (TPSA) is 43.4 Å². The lowest BCUT2D eigenvalue weighted by Gasteiger charge is -2.19.